The minimum Gasteiger partial charge on any atom is -0.494 e. The lowest BCUT2D eigenvalue weighted by Gasteiger charge is -2.29. The van der Waals surface area contributed by atoms with E-state index in [1.54, 1.807) is 0 Å². The Morgan fingerprint density at radius 1 is 1.14 bits per heavy atom. The molecule has 2 aromatic rings. The standard InChI is InChI=1S/C21H26N4O3/c1-2-12-28-15-8-6-14(7-9-15)16-13-17(26)22-19-18(16)20(27)24-21(23-19)25-10-4-3-5-11-25/h6-9,16H,2-5,10-13H2,1H3,(H2,22,23,24,26,27). The van der Waals surface area contributed by atoms with Crippen LogP contribution in [0.2, 0.25) is 0 Å². The van der Waals surface area contributed by atoms with Gasteiger partial charge in [-0.15, -0.1) is 0 Å². The zero-order valence-corrected chi connectivity index (χ0v) is 16.2. The van der Waals surface area contributed by atoms with Crippen LogP contribution in [0.4, 0.5) is 11.8 Å². The van der Waals surface area contributed by atoms with Gasteiger partial charge in [0.15, 0.2) is 0 Å². The number of hydrogen-bond acceptors (Lipinski definition) is 5. The number of H-pyrrole nitrogens is 1. The molecule has 1 unspecified atom stereocenters. The number of carbonyl (C=O) groups excluding carboxylic acids is 1. The number of aromatic amines is 1. The molecule has 7 heteroatoms. The van der Waals surface area contributed by atoms with Gasteiger partial charge in [0.1, 0.15) is 11.6 Å². The molecule has 1 atom stereocenters. The SMILES string of the molecule is CCCOc1ccc(C2CC(=O)Nc3nc(N4CCCCC4)[nH]c(=O)c32)cc1. The maximum atomic E-state index is 12.9. The van der Waals surface area contributed by atoms with Crippen molar-refractivity contribution in [2.75, 3.05) is 29.9 Å². The van der Waals surface area contributed by atoms with Crippen molar-refractivity contribution in [3.8, 4) is 5.75 Å². The molecule has 4 rings (SSSR count). The molecule has 1 saturated heterocycles. The van der Waals surface area contributed by atoms with E-state index >= 15 is 0 Å². The molecule has 28 heavy (non-hydrogen) atoms. The summed E-state index contributed by atoms with van der Waals surface area (Å²) < 4.78 is 5.63. The lowest BCUT2D eigenvalue weighted by Crippen LogP contribution is -2.36. The Bertz CT molecular complexity index is 901. The lowest BCUT2D eigenvalue weighted by molar-refractivity contribution is -0.116. The van der Waals surface area contributed by atoms with E-state index in [2.05, 4.69) is 27.1 Å². The molecule has 148 valence electrons. The highest BCUT2D eigenvalue weighted by molar-refractivity contribution is 5.94. The molecule has 2 N–H and O–H groups in total. The summed E-state index contributed by atoms with van der Waals surface area (Å²) in [5.41, 5.74) is 1.27. The van der Waals surface area contributed by atoms with Gasteiger partial charge in [0.2, 0.25) is 11.9 Å². The van der Waals surface area contributed by atoms with E-state index < -0.39 is 0 Å². The van der Waals surface area contributed by atoms with Crippen LogP contribution in [-0.2, 0) is 4.79 Å². The molecule has 2 aliphatic heterocycles. The van der Waals surface area contributed by atoms with Crippen molar-refractivity contribution in [2.45, 2.75) is 44.9 Å². The van der Waals surface area contributed by atoms with Gasteiger partial charge in [-0.3, -0.25) is 14.6 Å². The highest BCUT2D eigenvalue weighted by Gasteiger charge is 2.31. The summed E-state index contributed by atoms with van der Waals surface area (Å²) in [6.07, 6.45) is 4.54. The molecule has 0 saturated carbocycles. The Balaban J connectivity index is 1.66. The van der Waals surface area contributed by atoms with Crippen LogP contribution in [0.15, 0.2) is 29.1 Å². The number of nitrogens with one attached hydrogen (secondary N) is 2. The first kappa shape index (κ1) is 18.5. The summed E-state index contributed by atoms with van der Waals surface area (Å²) in [4.78, 5) is 34.9. The van der Waals surface area contributed by atoms with Crippen LogP contribution in [0, 0.1) is 0 Å². The van der Waals surface area contributed by atoms with Crippen LogP contribution in [0.3, 0.4) is 0 Å². The fourth-order valence-electron chi connectivity index (χ4n) is 3.92. The van der Waals surface area contributed by atoms with Crippen molar-refractivity contribution in [1.82, 2.24) is 9.97 Å². The second-order valence-electron chi connectivity index (χ2n) is 7.42. The third-order valence-corrected chi connectivity index (χ3v) is 5.35. The van der Waals surface area contributed by atoms with Gasteiger partial charge in [-0.05, 0) is 43.4 Å². The summed E-state index contributed by atoms with van der Waals surface area (Å²) in [5.74, 6) is 1.30. The van der Waals surface area contributed by atoms with Gasteiger partial charge in [0.05, 0.1) is 12.2 Å². The Morgan fingerprint density at radius 2 is 1.89 bits per heavy atom. The molecule has 0 spiro atoms. The molecule has 3 heterocycles. The number of hydrogen-bond donors (Lipinski definition) is 2. The largest absolute Gasteiger partial charge is 0.494 e. The predicted octanol–water partition coefficient (Wildman–Crippen LogP) is 3.02. The van der Waals surface area contributed by atoms with Gasteiger partial charge >= 0.3 is 0 Å². The van der Waals surface area contributed by atoms with Gasteiger partial charge in [0, 0.05) is 25.4 Å². The minimum absolute atomic E-state index is 0.119. The van der Waals surface area contributed by atoms with Crippen molar-refractivity contribution < 1.29 is 9.53 Å². The summed E-state index contributed by atoms with van der Waals surface area (Å²) in [7, 11) is 0. The van der Waals surface area contributed by atoms with Crippen LogP contribution in [0.5, 0.6) is 5.75 Å². The average Bonchev–Trinajstić information content (AvgIpc) is 2.72. The maximum absolute atomic E-state index is 12.9. The molecule has 1 aromatic carbocycles. The van der Waals surface area contributed by atoms with Crippen molar-refractivity contribution in [3.63, 3.8) is 0 Å². The zero-order valence-electron chi connectivity index (χ0n) is 16.2. The number of benzene rings is 1. The summed E-state index contributed by atoms with van der Waals surface area (Å²) >= 11 is 0. The van der Waals surface area contributed by atoms with Crippen molar-refractivity contribution in [1.29, 1.82) is 0 Å². The highest BCUT2D eigenvalue weighted by atomic mass is 16.5. The van der Waals surface area contributed by atoms with E-state index in [-0.39, 0.29) is 23.8 Å². The molecule has 1 fully saturated rings. The normalized spacial score (nSPS) is 19.1. The second kappa shape index (κ2) is 8.04. The number of fused-ring (bicyclic) bond motifs is 1. The molecular weight excluding hydrogens is 356 g/mol. The Kier molecular flexibility index (Phi) is 5.32. The van der Waals surface area contributed by atoms with E-state index in [1.165, 1.54) is 6.42 Å². The van der Waals surface area contributed by atoms with E-state index in [1.807, 2.05) is 24.3 Å². The van der Waals surface area contributed by atoms with E-state index in [4.69, 9.17) is 4.74 Å². The number of amides is 1. The average molecular weight is 382 g/mol. The van der Waals surface area contributed by atoms with Crippen LogP contribution < -0.4 is 20.5 Å². The van der Waals surface area contributed by atoms with Crippen LogP contribution in [-0.4, -0.2) is 35.6 Å². The monoisotopic (exact) mass is 382 g/mol. The highest BCUT2D eigenvalue weighted by Crippen LogP contribution is 2.35. The maximum Gasteiger partial charge on any atom is 0.258 e. The number of ether oxygens (including phenoxy) is 1. The van der Waals surface area contributed by atoms with Crippen LogP contribution >= 0.6 is 0 Å². The van der Waals surface area contributed by atoms with Crippen molar-refractivity contribution in [2.24, 2.45) is 0 Å². The number of anilines is 2. The summed E-state index contributed by atoms with van der Waals surface area (Å²) in [5, 5.41) is 2.80. The molecule has 1 amide bonds. The van der Waals surface area contributed by atoms with Crippen molar-refractivity contribution in [3.05, 3.63) is 45.7 Å². The lowest BCUT2D eigenvalue weighted by atomic mass is 9.87. The Labute approximate surface area is 164 Å². The second-order valence-corrected chi connectivity index (χ2v) is 7.42. The predicted molar refractivity (Wildman–Crippen MR) is 108 cm³/mol. The third kappa shape index (κ3) is 3.74. The quantitative estimate of drug-likeness (QED) is 0.830. The molecule has 0 bridgehead atoms. The van der Waals surface area contributed by atoms with Crippen LogP contribution in [0.1, 0.15) is 56.1 Å². The fraction of sp³-hybridized carbons (Fsp3) is 0.476. The molecule has 0 aliphatic carbocycles. The zero-order chi connectivity index (χ0) is 19.5. The number of piperidine rings is 1. The number of aromatic nitrogens is 2. The van der Waals surface area contributed by atoms with Gasteiger partial charge in [0.25, 0.3) is 5.56 Å². The van der Waals surface area contributed by atoms with Gasteiger partial charge < -0.3 is 15.0 Å². The Hall–Kier alpha value is -2.83. The number of carbonyl (C=O) groups is 1. The molecule has 1 aromatic heterocycles. The molecular formula is C21H26N4O3. The number of rotatable bonds is 5. The van der Waals surface area contributed by atoms with Crippen molar-refractivity contribution >= 4 is 17.7 Å². The fourth-order valence-corrected chi connectivity index (χ4v) is 3.92. The molecule has 0 radical (unpaired) electrons. The van der Waals surface area contributed by atoms with E-state index in [9.17, 15) is 9.59 Å². The molecule has 7 nitrogen and oxygen atoms in total. The number of nitrogens with zero attached hydrogens (tertiary/aromatic N) is 2. The topological polar surface area (TPSA) is 87.3 Å². The summed E-state index contributed by atoms with van der Waals surface area (Å²) in [6.45, 7) is 4.47. The summed E-state index contributed by atoms with van der Waals surface area (Å²) in [6, 6.07) is 7.63. The minimum atomic E-state index is -0.310. The van der Waals surface area contributed by atoms with E-state index in [0.29, 0.717) is 23.9 Å². The smallest absolute Gasteiger partial charge is 0.258 e. The first-order valence-corrected chi connectivity index (χ1v) is 10.1. The molecule has 2 aliphatic rings. The van der Waals surface area contributed by atoms with Gasteiger partial charge in [-0.2, -0.15) is 4.98 Å². The van der Waals surface area contributed by atoms with E-state index in [0.717, 1.165) is 43.7 Å². The Morgan fingerprint density at radius 3 is 2.61 bits per heavy atom. The first-order valence-electron chi connectivity index (χ1n) is 10.1. The third-order valence-electron chi connectivity index (χ3n) is 5.35. The van der Waals surface area contributed by atoms with Crippen LogP contribution in [0.25, 0.3) is 0 Å². The van der Waals surface area contributed by atoms with Gasteiger partial charge in [-0.25, -0.2) is 0 Å². The van der Waals surface area contributed by atoms with Gasteiger partial charge in [-0.1, -0.05) is 19.1 Å². The first-order chi connectivity index (χ1) is 13.7.